The largest absolute Gasteiger partial charge is 0.396 e. The van der Waals surface area contributed by atoms with Crippen LogP contribution in [0.5, 0.6) is 0 Å². The first kappa shape index (κ1) is 12.8. The van der Waals surface area contributed by atoms with Crippen LogP contribution < -0.4 is 0 Å². The molecule has 2 atom stereocenters. The molecule has 1 amide bonds. The van der Waals surface area contributed by atoms with Crippen molar-refractivity contribution >= 4 is 5.91 Å². The average molecular weight is 236 g/mol. The maximum absolute atomic E-state index is 12.5. The molecular weight excluding hydrogens is 225 g/mol. The second kappa shape index (κ2) is 4.70. The lowest BCUT2D eigenvalue weighted by atomic mass is 9.97. The van der Waals surface area contributed by atoms with E-state index in [1.165, 1.54) is 0 Å². The number of halogens is 3. The van der Waals surface area contributed by atoms with Gasteiger partial charge in [-0.05, 0) is 0 Å². The first-order valence-corrected chi connectivity index (χ1v) is 4.72. The van der Waals surface area contributed by atoms with Crippen LogP contribution in [-0.4, -0.2) is 41.8 Å². The summed E-state index contributed by atoms with van der Waals surface area (Å²) in [5.74, 6) is -3.30. The maximum atomic E-state index is 12.5. The molecule has 1 rings (SSSR count). The van der Waals surface area contributed by atoms with Crippen LogP contribution in [0.15, 0.2) is 0 Å². The first-order chi connectivity index (χ1) is 7.40. The molecule has 1 N–H and O–H groups in total. The molecule has 0 radical (unpaired) electrons. The minimum Gasteiger partial charge on any atom is -0.396 e. The van der Waals surface area contributed by atoms with E-state index in [0.717, 1.165) is 4.90 Å². The van der Waals surface area contributed by atoms with Gasteiger partial charge in [0.25, 0.3) is 0 Å². The Morgan fingerprint density at radius 3 is 2.50 bits per heavy atom. The Kier molecular flexibility index (Phi) is 3.75. The molecule has 1 fully saturated rings. The Hall–Kier alpha value is -1.29. The molecule has 1 aliphatic rings. The van der Waals surface area contributed by atoms with Gasteiger partial charge in [0.2, 0.25) is 5.91 Å². The Balaban J connectivity index is 2.71. The van der Waals surface area contributed by atoms with Crippen LogP contribution in [0, 0.1) is 23.2 Å². The lowest BCUT2D eigenvalue weighted by molar-refractivity contribution is -0.183. The Morgan fingerprint density at radius 2 is 2.12 bits per heavy atom. The van der Waals surface area contributed by atoms with Crippen molar-refractivity contribution in [1.82, 2.24) is 4.90 Å². The number of alkyl halides is 3. The summed E-state index contributed by atoms with van der Waals surface area (Å²) in [6.45, 7) is -1.21. The van der Waals surface area contributed by atoms with Crippen molar-refractivity contribution in [3.05, 3.63) is 0 Å². The predicted octanol–water partition coefficient (Wildman–Crippen LogP) is 0.529. The van der Waals surface area contributed by atoms with E-state index in [-0.39, 0.29) is 6.54 Å². The summed E-state index contributed by atoms with van der Waals surface area (Å²) in [5.41, 5.74) is 0. The monoisotopic (exact) mass is 236 g/mol. The number of nitrogens with zero attached hydrogens (tertiary/aromatic N) is 2. The van der Waals surface area contributed by atoms with Crippen LogP contribution in [0.2, 0.25) is 0 Å². The minimum atomic E-state index is -4.42. The smallest absolute Gasteiger partial charge is 0.393 e. The van der Waals surface area contributed by atoms with Gasteiger partial charge in [0.05, 0.1) is 12.0 Å². The summed E-state index contributed by atoms with van der Waals surface area (Å²) in [6, 6.07) is 1.60. The van der Waals surface area contributed by atoms with Gasteiger partial charge in [-0.1, -0.05) is 0 Å². The van der Waals surface area contributed by atoms with Crippen molar-refractivity contribution < 1.29 is 23.1 Å². The molecule has 0 aliphatic carbocycles. The number of carbonyl (C=O) groups is 1. The van der Waals surface area contributed by atoms with E-state index in [9.17, 15) is 18.0 Å². The van der Waals surface area contributed by atoms with Gasteiger partial charge in [0, 0.05) is 25.6 Å². The number of aliphatic hydroxyl groups excluding tert-OH is 1. The summed E-state index contributed by atoms with van der Waals surface area (Å²) in [7, 11) is 0. The van der Waals surface area contributed by atoms with E-state index in [4.69, 9.17) is 10.4 Å². The van der Waals surface area contributed by atoms with E-state index in [2.05, 4.69) is 0 Å². The highest BCUT2D eigenvalue weighted by molar-refractivity contribution is 5.78. The van der Waals surface area contributed by atoms with E-state index in [1.807, 2.05) is 0 Å². The number of amides is 1. The second-order valence-corrected chi connectivity index (χ2v) is 3.72. The van der Waals surface area contributed by atoms with Gasteiger partial charge >= 0.3 is 6.18 Å². The van der Waals surface area contributed by atoms with E-state index < -0.39 is 43.5 Å². The third kappa shape index (κ3) is 2.64. The number of hydrogen-bond donors (Lipinski definition) is 1. The van der Waals surface area contributed by atoms with E-state index in [1.54, 1.807) is 6.07 Å². The highest BCUT2D eigenvalue weighted by atomic mass is 19.4. The first-order valence-electron chi connectivity index (χ1n) is 4.72. The summed E-state index contributed by atoms with van der Waals surface area (Å²) in [6.07, 6.45) is -4.85. The number of rotatable bonds is 2. The molecule has 90 valence electrons. The third-order valence-corrected chi connectivity index (χ3v) is 2.68. The molecule has 0 bridgehead atoms. The molecule has 0 aromatic carbocycles. The number of nitriles is 1. The highest BCUT2D eigenvalue weighted by Gasteiger charge is 2.50. The van der Waals surface area contributed by atoms with E-state index >= 15 is 0 Å². The van der Waals surface area contributed by atoms with Crippen LogP contribution in [0.3, 0.4) is 0 Å². The van der Waals surface area contributed by atoms with Crippen molar-refractivity contribution in [2.24, 2.45) is 11.8 Å². The highest BCUT2D eigenvalue weighted by Crippen LogP contribution is 2.37. The molecule has 1 aliphatic heterocycles. The molecule has 0 saturated carbocycles. The summed E-state index contributed by atoms with van der Waals surface area (Å²) in [5, 5.41) is 17.1. The molecule has 16 heavy (non-hydrogen) atoms. The predicted molar refractivity (Wildman–Crippen MR) is 46.9 cm³/mol. The van der Waals surface area contributed by atoms with Gasteiger partial charge in [0.15, 0.2) is 0 Å². The average Bonchev–Trinajstić information content (AvgIpc) is 2.61. The van der Waals surface area contributed by atoms with Crippen molar-refractivity contribution in [1.29, 1.82) is 5.26 Å². The molecule has 7 heteroatoms. The summed E-state index contributed by atoms with van der Waals surface area (Å²) < 4.78 is 37.5. The zero-order valence-corrected chi connectivity index (χ0v) is 8.37. The van der Waals surface area contributed by atoms with E-state index in [0.29, 0.717) is 0 Å². The fourth-order valence-corrected chi connectivity index (χ4v) is 1.81. The second-order valence-electron chi connectivity index (χ2n) is 3.72. The fourth-order valence-electron chi connectivity index (χ4n) is 1.81. The number of likely N-dealkylation sites (tertiary alicyclic amines) is 1. The van der Waals surface area contributed by atoms with Crippen molar-refractivity contribution in [3.8, 4) is 6.07 Å². The number of carbonyl (C=O) groups excluding carboxylic acids is 1. The lowest BCUT2D eigenvalue weighted by Crippen LogP contribution is -2.32. The van der Waals surface area contributed by atoms with Gasteiger partial charge in [-0.3, -0.25) is 4.79 Å². The summed E-state index contributed by atoms with van der Waals surface area (Å²) in [4.78, 5) is 12.2. The lowest BCUT2D eigenvalue weighted by Gasteiger charge is -2.18. The Labute approximate surface area is 90.3 Å². The molecule has 0 spiro atoms. The molecule has 1 saturated heterocycles. The fraction of sp³-hybridized carbons (Fsp3) is 0.778. The normalized spacial score (nSPS) is 25.6. The third-order valence-electron chi connectivity index (χ3n) is 2.68. The number of aliphatic hydroxyl groups is 1. The molecule has 0 aromatic rings. The van der Waals surface area contributed by atoms with Gasteiger partial charge in [-0.15, -0.1) is 0 Å². The van der Waals surface area contributed by atoms with Gasteiger partial charge < -0.3 is 10.0 Å². The molecule has 4 nitrogen and oxygen atoms in total. The topological polar surface area (TPSA) is 64.3 Å². The maximum Gasteiger partial charge on any atom is 0.393 e. The molecule has 0 unspecified atom stereocenters. The van der Waals surface area contributed by atoms with Gasteiger partial charge in [-0.2, -0.15) is 18.4 Å². The molecule has 1 heterocycles. The van der Waals surface area contributed by atoms with Crippen LogP contribution in [-0.2, 0) is 4.79 Å². The Morgan fingerprint density at radius 1 is 1.50 bits per heavy atom. The van der Waals surface area contributed by atoms with Crippen molar-refractivity contribution in [2.75, 3.05) is 19.7 Å². The zero-order valence-electron chi connectivity index (χ0n) is 8.37. The van der Waals surface area contributed by atoms with Gasteiger partial charge in [-0.25, -0.2) is 0 Å². The van der Waals surface area contributed by atoms with Crippen LogP contribution in [0.4, 0.5) is 13.2 Å². The molecular formula is C9H11F3N2O2. The standard InChI is InChI=1S/C9H11F3N2O2/c10-9(11,12)7-4-14(3-6(7)5-15)8(16)1-2-13/h6-7,15H,1,3-5H2/t6-,7-/m1/s1. The van der Waals surface area contributed by atoms with Crippen molar-refractivity contribution in [2.45, 2.75) is 12.6 Å². The van der Waals surface area contributed by atoms with Gasteiger partial charge in [0.1, 0.15) is 6.42 Å². The van der Waals surface area contributed by atoms with Crippen molar-refractivity contribution in [3.63, 3.8) is 0 Å². The Bertz CT molecular complexity index is 311. The SMILES string of the molecule is N#CCC(=O)N1C[C@H](CO)[C@H](C(F)(F)F)C1. The van der Waals surface area contributed by atoms with Crippen LogP contribution >= 0.6 is 0 Å². The summed E-state index contributed by atoms with van der Waals surface area (Å²) >= 11 is 0. The van der Waals surface area contributed by atoms with Crippen LogP contribution in [0.25, 0.3) is 0 Å². The zero-order chi connectivity index (χ0) is 12.3. The van der Waals surface area contributed by atoms with Crippen LogP contribution in [0.1, 0.15) is 6.42 Å². The number of hydrogen-bond acceptors (Lipinski definition) is 3. The minimum absolute atomic E-state index is 0.138. The molecule has 0 aromatic heterocycles. The quantitative estimate of drug-likeness (QED) is 0.760.